The van der Waals surface area contributed by atoms with Crippen LogP contribution in [0.5, 0.6) is 0 Å². The molecule has 0 atom stereocenters. The first-order valence-corrected chi connectivity index (χ1v) is 7.32. The standard InChI is InChI=1S/C16H17ClF3N/c1-12-6-9-21(10-7-12)8-2-3-13-4-5-14(15(17)11-13)16(18,19)20/h4-5,11-12H,6-10H2,1H3. The zero-order valence-electron chi connectivity index (χ0n) is 11.8. The van der Waals surface area contributed by atoms with E-state index in [0.717, 1.165) is 25.1 Å². The Bertz CT molecular complexity index is 549. The van der Waals surface area contributed by atoms with Crippen molar-refractivity contribution in [1.29, 1.82) is 0 Å². The minimum absolute atomic E-state index is 0.305. The Morgan fingerprint density at radius 2 is 1.95 bits per heavy atom. The molecule has 1 nitrogen and oxygen atoms in total. The summed E-state index contributed by atoms with van der Waals surface area (Å²) in [6.07, 6.45) is -2.07. The summed E-state index contributed by atoms with van der Waals surface area (Å²) in [5.41, 5.74) is -0.307. The monoisotopic (exact) mass is 315 g/mol. The highest BCUT2D eigenvalue weighted by Gasteiger charge is 2.32. The first-order chi connectivity index (χ1) is 9.86. The van der Waals surface area contributed by atoms with E-state index in [1.807, 2.05) is 0 Å². The minimum Gasteiger partial charge on any atom is -0.292 e. The molecule has 0 saturated carbocycles. The van der Waals surface area contributed by atoms with Crippen molar-refractivity contribution in [1.82, 2.24) is 4.90 Å². The molecule has 1 aromatic carbocycles. The van der Waals surface area contributed by atoms with Crippen molar-refractivity contribution in [3.05, 3.63) is 34.3 Å². The number of nitrogens with zero attached hydrogens (tertiary/aromatic N) is 1. The summed E-state index contributed by atoms with van der Waals surface area (Å²) in [6, 6.07) is 3.62. The van der Waals surface area contributed by atoms with Gasteiger partial charge >= 0.3 is 6.18 Å². The predicted molar refractivity (Wildman–Crippen MR) is 78.2 cm³/mol. The van der Waals surface area contributed by atoms with Gasteiger partial charge in [0.15, 0.2) is 0 Å². The fourth-order valence-electron chi connectivity index (χ4n) is 2.30. The molecule has 5 heteroatoms. The van der Waals surface area contributed by atoms with Crippen molar-refractivity contribution in [2.75, 3.05) is 19.6 Å². The van der Waals surface area contributed by atoms with E-state index in [9.17, 15) is 13.2 Å². The first kappa shape index (κ1) is 16.2. The Balaban J connectivity index is 1.98. The number of hydrogen-bond donors (Lipinski definition) is 0. The zero-order chi connectivity index (χ0) is 15.5. The summed E-state index contributed by atoms with van der Waals surface area (Å²) in [5, 5.41) is -0.305. The van der Waals surface area contributed by atoms with Crippen molar-refractivity contribution >= 4 is 11.6 Å². The smallest absolute Gasteiger partial charge is 0.292 e. The van der Waals surface area contributed by atoms with Crippen LogP contribution in [0.25, 0.3) is 0 Å². The van der Waals surface area contributed by atoms with E-state index < -0.39 is 11.7 Å². The van der Waals surface area contributed by atoms with Crippen LogP contribution in [0.4, 0.5) is 13.2 Å². The molecular formula is C16H17ClF3N. The lowest BCUT2D eigenvalue weighted by atomic mass is 9.99. The summed E-state index contributed by atoms with van der Waals surface area (Å²) < 4.78 is 37.7. The van der Waals surface area contributed by atoms with Crippen molar-refractivity contribution in [2.24, 2.45) is 5.92 Å². The maximum Gasteiger partial charge on any atom is 0.417 e. The molecule has 21 heavy (non-hydrogen) atoms. The second-order valence-corrected chi connectivity index (χ2v) is 5.86. The lowest BCUT2D eigenvalue weighted by Gasteiger charge is -2.28. The normalized spacial score (nSPS) is 17.4. The van der Waals surface area contributed by atoms with Crippen LogP contribution in [-0.4, -0.2) is 24.5 Å². The van der Waals surface area contributed by atoms with Gasteiger partial charge < -0.3 is 0 Å². The van der Waals surface area contributed by atoms with Crippen LogP contribution in [0.3, 0.4) is 0 Å². The quantitative estimate of drug-likeness (QED) is 0.692. The topological polar surface area (TPSA) is 3.24 Å². The molecule has 114 valence electrons. The van der Waals surface area contributed by atoms with E-state index in [2.05, 4.69) is 23.7 Å². The molecule has 0 bridgehead atoms. The average Bonchev–Trinajstić information content (AvgIpc) is 2.40. The molecule has 1 aliphatic rings. The Hall–Kier alpha value is -1.18. The van der Waals surface area contributed by atoms with Crippen molar-refractivity contribution in [3.63, 3.8) is 0 Å². The SMILES string of the molecule is CC1CCN(CC#Cc2ccc(C(F)(F)F)c(Cl)c2)CC1. The molecule has 0 aliphatic carbocycles. The van der Waals surface area contributed by atoms with E-state index >= 15 is 0 Å². The number of alkyl halides is 3. The van der Waals surface area contributed by atoms with Gasteiger partial charge in [-0.3, -0.25) is 4.90 Å². The Labute approximate surface area is 128 Å². The van der Waals surface area contributed by atoms with Gasteiger partial charge in [0.25, 0.3) is 0 Å². The minimum atomic E-state index is -4.42. The van der Waals surface area contributed by atoms with E-state index in [-0.39, 0.29) is 5.02 Å². The second kappa shape index (κ2) is 6.72. The molecule has 0 amide bonds. The van der Waals surface area contributed by atoms with Gasteiger partial charge in [-0.15, -0.1) is 0 Å². The van der Waals surface area contributed by atoms with Crippen molar-refractivity contribution in [2.45, 2.75) is 25.9 Å². The second-order valence-electron chi connectivity index (χ2n) is 5.45. The number of benzene rings is 1. The van der Waals surface area contributed by atoms with Gasteiger partial charge in [-0.25, -0.2) is 0 Å². The third-order valence-electron chi connectivity index (χ3n) is 3.69. The van der Waals surface area contributed by atoms with Crippen LogP contribution in [0.2, 0.25) is 5.02 Å². The molecule has 0 N–H and O–H groups in total. The number of rotatable bonds is 1. The van der Waals surface area contributed by atoms with Crippen molar-refractivity contribution in [3.8, 4) is 11.8 Å². The lowest BCUT2D eigenvalue weighted by molar-refractivity contribution is -0.137. The third-order valence-corrected chi connectivity index (χ3v) is 4.00. The molecular weight excluding hydrogens is 299 g/mol. The highest BCUT2D eigenvalue weighted by atomic mass is 35.5. The molecule has 1 aliphatic heterocycles. The summed E-state index contributed by atoms with van der Waals surface area (Å²) in [4.78, 5) is 2.26. The Morgan fingerprint density at radius 3 is 2.52 bits per heavy atom. The third kappa shape index (κ3) is 4.66. The van der Waals surface area contributed by atoms with Gasteiger partial charge in [0.1, 0.15) is 0 Å². The summed E-state index contributed by atoms with van der Waals surface area (Å²) in [6.45, 7) is 4.95. The van der Waals surface area contributed by atoms with Gasteiger partial charge in [-0.2, -0.15) is 13.2 Å². The number of hydrogen-bond acceptors (Lipinski definition) is 1. The summed E-state index contributed by atoms with van der Waals surface area (Å²) >= 11 is 5.66. The fourth-order valence-corrected chi connectivity index (χ4v) is 2.58. The maximum absolute atomic E-state index is 12.6. The van der Waals surface area contributed by atoms with Crippen molar-refractivity contribution < 1.29 is 13.2 Å². The van der Waals surface area contributed by atoms with Gasteiger partial charge in [-0.05, 0) is 50.0 Å². The van der Waals surface area contributed by atoms with Gasteiger partial charge in [0.2, 0.25) is 0 Å². The molecule has 1 fully saturated rings. The highest BCUT2D eigenvalue weighted by Crippen LogP contribution is 2.34. The molecule has 1 heterocycles. The molecule has 0 spiro atoms. The highest BCUT2D eigenvalue weighted by molar-refractivity contribution is 6.31. The molecule has 2 rings (SSSR count). The van der Waals surface area contributed by atoms with Crippen LogP contribution in [0.15, 0.2) is 18.2 Å². The number of halogens is 4. The van der Waals surface area contributed by atoms with Gasteiger partial charge in [0, 0.05) is 5.56 Å². The zero-order valence-corrected chi connectivity index (χ0v) is 12.6. The van der Waals surface area contributed by atoms with E-state index in [0.29, 0.717) is 12.1 Å². The first-order valence-electron chi connectivity index (χ1n) is 6.94. The predicted octanol–water partition coefficient (Wildman–Crippen LogP) is 4.44. The van der Waals surface area contributed by atoms with Crippen LogP contribution < -0.4 is 0 Å². The number of piperidine rings is 1. The maximum atomic E-state index is 12.6. The molecule has 1 saturated heterocycles. The van der Waals surface area contributed by atoms with Gasteiger partial charge in [0.05, 0.1) is 17.1 Å². The molecule has 0 unspecified atom stereocenters. The van der Waals surface area contributed by atoms with E-state index in [1.165, 1.54) is 25.0 Å². The fraction of sp³-hybridized carbons (Fsp3) is 0.500. The van der Waals surface area contributed by atoms with Gasteiger partial charge in [-0.1, -0.05) is 30.4 Å². The van der Waals surface area contributed by atoms with Crippen LogP contribution in [0.1, 0.15) is 30.9 Å². The van der Waals surface area contributed by atoms with E-state index in [1.54, 1.807) is 0 Å². The lowest BCUT2D eigenvalue weighted by Crippen LogP contribution is -2.33. The van der Waals surface area contributed by atoms with Crippen LogP contribution in [-0.2, 0) is 6.18 Å². The summed E-state index contributed by atoms with van der Waals surface area (Å²) in [5.74, 6) is 6.65. The number of likely N-dealkylation sites (tertiary alicyclic amines) is 1. The molecule has 1 aromatic rings. The largest absolute Gasteiger partial charge is 0.417 e. The van der Waals surface area contributed by atoms with E-state index in [4.69, 9.17) is 11.6 Å². The van der Waals surface area contributed by atoms with Crippen LogP contribution in [0, 0.1) is 17.8 Å². The molecule has 0 aromatic heterocycles. The summed E-state index contributed by atoms with van der Waals surface area (Å²) in [7, 11) is 0. The molecule has 0 radical (unpaired) electrons. The average molecular weight is 316 g/mol. The Kier molecular flexibility index (Phi) is 5.18. The Morgan fingerprint density at radius 1 is 1.29 bits per heavy atom. The van der Waals surface area contributed by atoms with Crippen LogP contribution >= 0.6 is 11.6 Å².